The van der Waals surface area contributed by atoms with Gasteiger partial charge in [-0.25, -0.2) is 9.18 Å². The van der Waals surface area contributed by atoms with Crippen LogP contribution in [0, 0.1) is 5.82 Å². The Hall–Kier alpha value is -2.64. The minimum atomic E-state index is -0.791. The fourth-order valence-electron chi connectivity index (χ4n) is 2.58. The number of nitrogens with zero attached hydrogens (tertiary/aromatic N) is 2. The van der Waals surface area contributed by atoms with Crippen molar-refractivity contribution in [3.05, 3.63) is 35.6 Å². The molecule has 0 spiro atoms. The van der Waals surface area contributed by atoms with Gasteiger partial charge in [0, 0.05) is 26.2 Å². The van der Waals surface area contributed by atoms with Crippen LogP contribution in [0.4, 0.5) is 9.18 Å². The third kappa shape index (κ3) is 4.68. The Bertz CT molecular complexity index is 645. The van der Waals surface area contributed by atoms with Crippen molar-refractivity contribution in [1.82, 2.24) is 15.1 Å². The van der Waals surface area contributed by atoms with Gasteiger partial charge in [0.1, 0.15) is 11.9 Å². The number of piperazine rings is 1. The monoisotopic (exact) mass is 351 g/mol. The van der Waals surface area contributed by atoms with E-state index < -0.39 is 23.9 Å². The van der Waals surface area contributed by atoms with Gasteiger partial charge in [0.25, 0.3) is 5.91 Å². The van der Waals surface area contributed by atoms with Crippen molar-refractivity contribution in [3.8, 4) is 0 Å². The van der Waals surface area contributed by atoms with Gasteiger partial charge in [-0.05, 0) is 26.0 Å². The molecule has 1 heterocycles. The number of rotatable bonds is 4. The Morgan fingerprint density at radius 1 is 1.16 bits per heavy atom. The molecule has 7 nitrogen and oxygen atoms in total. The van der Waals surface area contributed by atoms with Crippen molar-refractivity contribution < 1.29 is 23.5 Å². The van der Waals surface area contributed by atoms with Gasteiger partial charge in [-0.2, -0.15) is 0 Å². The minimum Gasteiger partial charge on any atom is -0.450 e. The quantitative estimate of drug-likeness (QED) is 0.885. The molecule has 25 heavy (non-hydrogen) atoms. The molecule has 1 aromatic carbocycles. The van der Waals surface area contributed by atoms with Crippen molar-refractivity contribution in [2.45, 2.75) is 19.9 Å². The van der Waals surface area contributed by atoms with Crippen LogP contribution in [0.25, 0.3) is 0 Å². The largest absolute Gasteiger partial charge is 0.450 e. The summed E-state index contributed by atoms with van der Waals surface area (Å²) in [5.41, 5.74) is -0.103. The van der Waals surface area contributed by atoms with Gasteiger partial charge in [0.15, 0.2) is 0 Å². The van der Waals surface area contributed by atoms with E-state index in [1.165, 1.54) is 23.1 Å². The number of amides is 3. The molecule has 2 rings (SSSR count). The summed E-state index contributed by atoms with van der Waals surface area (Å²) in [6.07, 6.45) is -0.393. The number of halogens is 1. The first kappa shape index (κ1) is 18.7. The van der Waals surface area contributed by atoms with E-state index in [4.69, 9.17) is 4.74 Å². The Morgan fingerprint density at radius 2 is 1.76 bits per heavy atom. The molecule has 1 fully saturated rings. The average molecular weight is 351 g/mol. The molecular formula is C17H22FN3O4. The summed E-state index contributed by atoms with van der Waals surface area (Å²) in [6, 6.07) is 4.81. The molecule has 0 aliphatic carbocycles. The van der Waals surface area contributed by atoms with Gasteiger partial charge >= 0.3 is 6.09 Å². The van der Waals surface area contributed by atoms with E-state index in [1.54, 1.807) is 24.8 Å². The fourth-order valence-corrected chi connectivity index (χ4v) is 2.58. The molecule has 1 atom stereocenters. The summed E-state index contributed by atoms with van der Waals surface area (Å²) < 4.78 is 18.6. The van der Waals surface area contributed by atoms with Gasteiger partial charge < -0.3 is 19.9 Å². The van der Waals surface area contributed by atoms with Gasteiger partial charge in [-0.15, -0.1) is 0 Å². The van der Waals surface area contributed by atoms with Crippen LogP contribution in [0.1, 0.15) is 24.2 Å². The normalized spacial score (nSPS) is 15.5. The van der Waals surface area contributed by atoms with Crippen LogP contribution in [-0.2, 0) is 9.53 Å². The summed E-state index contributed by atoms with van der Waals surface area (Å²) >= 11 is 0. The molecule has 0 saturated carbocycles. The SMILES string of the molecule is CCOC(=O)N1CCN(C(=O)[C@H](C)NC(=O)c2ccccc2F)CC1. The zero-order chi connectivity index (χ0) is 18.4. The first-order chi connectivity index (χ1) is 11.9. The molecule has 8 heteroatoms. The lowest BCUT2D eigenvalue weighted by molar-refractivity contribution is -0.134. The van der Waals surface area contributed by atoms with Crippen LogP contribution >= 0.6 is 0 Å². The predicted octanol–water partition coefficient (Wildman–Crippen LogP) is 1.24. The Labute approximate surface area is 145 Å². The number of nitrogens with one attached hydrogen (secondary N) is 1. The average Bonchev–Trinajstić information content (AvgIpc) is 2.61. The molecule has 0 radical (unpaired) electrons. The Morgan fingerprint density at radius 3 is 2.36 bits per heavy atom. The second-order valence-corrected chi connectivity index (χ2v) is 5.69. The number of carbonyl (C=O) groups is 3. The highest BCUT2D eigenvalue weighted by molar-refractivity contribution is 5.97. The first-order valence-corrected chi connectivity index (χ1v) is 8.20. The van der Waals surface area contributed by atoms with Crippen molar-refractivity contribution in [3.63, 3.8) is 0 Å². The van der Waals surface area contributed by atoms with Crippen molar-refractivity contribution in [2.24, 2.45) is 0 Å². The van der Waals surface area contributed by atoms with Gasteiger partial charge in [0.2, 0.25) is 5.91 Å². The summed E-state index contributed by atoms with van der Waals surface area (Å²) in [6.45, 7) is 5.06. The molecule has 1 saturated heterocycles. The number of carbonyl (C=O) groups excluding carboxylic acids is 3. The lowest BCUT2D eigenvalue weighted by Crippen LogP contribution is -2.55. The molecule has 1 aromatic rings. The maximum absolute atomic E-state index is 13.6. The third-order valence-electron chi connectivity index (χ3n) is 3.95. The van der Waals surface area contributed by atoms with Crippen LogP contribution in [-0.4, -0.2) is 66.5 Å². The second-order valence-electron chi connectivity index (χ2n) is 5.69. The Balaban J connectivity index is 1.88. The molecule has 0 bridgehead atoms. The van der Waals surface area contributed by atoms with E-state index in [0.29, 0.717) is 32.8 Å². The van der Waals surface area contributed by atoms with Gasteiger partial charge in [-0.3, -0.25) is 9.59 Å². The number of ether oxygens (including phenoxy) is 1. The van der Waals surface area contributed by atoms with Crippen molar-refractivity contribution in [1.29, 1.82) is 0 Å². The molecule has 0 unspecified atom stereocenters. The molecule has 1 N–H and O–H groups in total. The lowest BCUT2D eigenvalue weighted by Gasteiger charge is -2.35. The lowest BCUT2D eigenvalue weighted by atomic mass is 10.1. The highest BCUT2D eigenvalue weighted by Gasteiger charge is 2.28. The molecule has 0 aromatic heterocycles. The topological polar surface area (TPSA) is 79.0 Å². The molecular weight excluding hydrogens is 329 g/mol. The van der Waals surface area contributed by atoms with Crippen LogP contribution in [0.5, 0.6) is 0 Å². The van der Waals surface area contributed by atoms with E-state index in [9.17, 15) is 18.8 Å². The van der Waals surface area contributed by atoms with Gasteiger partial charge in [0.05, 0.1) is 12.2 Å². The number of hydrogen-bond acceptors (Lipinski definition) is 4. The minimum absolute atomic E-state index is 0.103. The van der Waals surface area contributed by atoms with E-state index in [-0.39, 0.29) is 11.5 Å². The molecule has 1 aliphatic heterocycles. The van der Waals surface area contributed by atoms with Crippen LogP contribution in [0.2, 0.25) is 0 Å². The first-order valence-electron chi connectivity index (χ1n) is 8.20. The smallest absolute Gasteiger partial charge is 0.409 e. The van der Waals surface area contributed by atoms with Crippen LogP contribution in [0.15, 0.2) is 24.3 Å². The number of hydrogen-bond donors (Lipinski definition) is 1. The highest BCUT2D eigenvalue weighted by Crippen LogP contribution is 2.09. The van der Waals surface area contributed by atoms with E-state index >= 15 is 0 Å². The predicted molar refractivity (Wildman–Crippen MR) is 88.5 cm³/mol. The summed E-state index contributed by atoms with van der Waals surface area (Å²) in [5, 5.41) is 2.51. The second kappa shape index (κ2) is 8.46. The van der Waals surface area contributed by atoms with Crippen LogP contribution in [0.3, 0.4) is 0 Å². The highest BCUT2D eigenvalue weighted by atomic mass is 19.1. The van der Waals surface area contributed by atoms with E-state index in [1.807, 2.05) is 0 Å². The standard InChI is InChI=1S/C17H22FN3O4/c1-3-25-17(24)21-10-8-20(9-11-21)16(23)12(2)19-15(22)13-6-4-5-7-14(13)18/h4-7,12H,3,8-11H2,1-2H3,(H,19,22)/t12-/m0/s1. The van der Waals surface area contributed by atoms with E-state index in [0.717, 1.165) is 0 Å². The van der Waals surface area contributed by atoms with Crippen LogP contribution < -0.4 is 5.32 Å². The number of benzene rings is 1. The van der Waals surface area contributed by atoms with E-state index in [2.05, 4.69) is 5.32 Å². The third-order valence-corrected chi connectivity index (χ3v) is 3.95. The summed E-state index contributed by atoms with van der Waals surface area (Å²) in [7, 11) is 0. The molecule has 3 amide bonds. The maximum Gasteiger partial charge on any atom is 0.409 e. The maximum atomic E-state index is 13.6. The molecule has 136 valence electrons. The fraction of sp³-hybridized carbons (Fsp3) is 0.471. The van der Waals surface area contributed by atoms with Crippen molar-refractivity contribution in [2.75, 3.05) is 32.8 Å². The molecule has 1 aliphatic rings. The van der Waals surface area contributed by atoms with Crippen molar-refractivity contribution >= 4 is 17.9 Å². The summed E-state index contributed by atoms with van der Waals surface area (Å²) in [4.78, 5) is 39.3. The Kier molecular flexibility index (Phi) is 6.32. The van der Waals surface area contributed by atoms with Gasteiger partial charge in [-0.1, -0.05) is 12.1 Å². The zero-order valence-electron chi connectivity index (χ0n) is 14.3. The summed E-state index contributed by atoms with van der Waals surface area (Å²) in [5.74, 6) is -1.54. The zero-order valence-corrected chi connectivity index (χ0v) is 14.3.